The molecule has 6 heteroatoms. The molecule has 1 aliphatic rings. The summed E-state index contributed by atoms with van der Waals surface area (Å²) in [6.07, 6.45) is -0.674. The summed E-state index contributed by atoms with van der Waals surface area (Å²) in [5, 5.41) is 5.79. The molecule has 0 bridgehead atoms. The van der Waals surface area contributed by atoms with Gasteiger partial charge < -0.3 is 20.3 Å². The van der Waals surface area contributed by atoms with Gasteiger partial charge in [-0.3, -0.25) is 9.59 Å². The van der Waals surface area contributed by atoms with Crippen molar-refractivity contribution in [3.05, 3.63) is 96.1 Å². The number of rotatable bonds is 6. The molecule has 0 fully saturated rings. The first kappa shape index (κ1) is 20.5. The van der Waals surface area contributed by atoms with E-state index < -0.39 is 6.10 Å². The minimum atomic E-state index is -0.674. The highest BCUT2D eigenvalue weighted by molar-refractivity contribution is 5.86. The maximum absolute atomic E-state index is 13.1. The van der Waals surface area contributed by atoms with Crippen LogP contribution in [0.4, 0.5) is 5.69 Å². The number of carbonyl (C=O) groups is 2. The number of amides is 2. The normalized spacial score (nSPS) is 15.0. The van der Waals surface area contributed by atoms with Crippen molar-refractivity contribution in [2.24, 2.45) is 0 Å². The van der Waals surface area contributed by atoms with Crippen LogP contribution in [0.5, 0.6) is 5.75 Å². The second-order valence-corrected chi connectivity index (χ2v) is 7.39. The highest BCUT2D eigenvalue weighted by Gasteiger charge is 2.31. The number of fused-ring (bicyclic) bond motifs is 1. The summed E-state index contributed by atoms with van der Waals surface area (Å²) in [5.74, 6) is 0.245. The Bertz CT molecular complexity index is 1000. The maximum atomic E-state index is 13.1. The largest absolute Gasteiger partial charge is 0.477 e. The summed E-state index contributed by atoms with van der Waals surface area (Å²) in [4.78, 5) is 27.2. The third-order valence-corrected chi connectivity index (χ3v) is 5.31. The minimum absolute atomic E-state index is 0.115. The van der Waals surface area contributed by atoms with Gasteiger partial charge in [-0.05, 0) is 23.3 Å². The van der Waals surface area contributed by atoms with E-state index in [-0.39, 0.29) is 24.4 Å². The van der Waals surface area contributed by atoms with Crippen molar-refractivity contribution in [3.8, 4) is 5.75 Å². The second-order valence-electron chi connectivity index (χ2n) is 7.39. The molecule has 0 aromatic heterocycles. The van der Waals surface area contributed by atoms with Gasteiger partial charge in [0, 0.05) is 7.05 Å². The Morgan fingerprint density at radius 2 is 1.52 bits per heavy atom. The molecular weight excluding hydrogens is 390 g/mol. The molecule has 31 heavy (non-hydrogen) atoms. The Hall–Kier alpha value is -3.80. The number of ether oxygens (including phenoxy) is 1. The third-order valence-electron chi connectivity index (χ3n) is 5.31. The van der Waals surface area contributed by atoms with Crippen LogP contribution in [-0.4, -0.2) is 38.1 Å². The molecule has 3 aromatic rings. The SMILES string of the molecule is CNC(=O)[C@@H]1CN(CC(=O)NC(c2ccccc2)c2ccccc2)c2ccccc2O1. The summed E-state index contributed by atoms with van der Waals surface area (Å²) in [5.41, 5.74) is 2.81. The smallest absolute Gasteiger partial charge is 0.262 e. The van der Waals surface area contributed by atoms with Crippen LogP contribution in [0.25, 0.3) is 0 Å². The molecule has 0 saturated heterocycles. The molecular formula is C25H25N3O3. The lowest BCUT2D eigenvalue weighted by atomic mass is 9.98. The van der Waals surface area contributed by atoms with E-state index in [1.165, 1.54) is 0 Å². The maximum Gasteiger partial charge on any atom is 0.262 e. The van der Waals surface area contributed by atoms with Crippen molar-refractivity contribution in [2.45, 2.75) is 12.1 Å². The zero-order valence-electron chi connectivity index (χ0n) is 17.3. The van der Waals surface area contributed by atoms with Gasteiger partial charge in [-0.1, -0.05) is 72.8 Å². The van der Waals surface area contributed by atoms with E-state index in [0.717, 1.165) is 16.8 Å². The predicted molar refractivity (Wildman–Crippen MR) is 120 cm³/mol. The number of nitrogens with zero attached hydrogens (tertiary/aromatic N) is 1. The average molecular weight is 415 g/mol. The molecule has 0 saturated carbocycles. The molecule has 0 spiro atoms. The number of likely N-dealkylation sites (N-methyl/N-ethyl adjacent to an activating group) is 1. The van der Waals surface area contributed by atoms with E-state index in [1.807, 2.05) is 89.8 Å². The van der Waals surface area contributed by atoms with Crippen LogP contribution in [0.15, 0.2) is 84.9 Å². The van der Waals surface area contributed by atoms with E-state index in [2.05, 4.69) is 10.6 Å². The number of hydrogen-bond acceptors (Lipinski definition) is 4. The summed E-state index contributed by atoms with van der Waals surface area (Å²) in [7, 11) is 1.58. The van der Waals surface area contributed by atoms with Crippen molar-refractivity contribution in [3.63, 3.8) is 0 Å². The molecule has 0 unspecified atom stereocenters. The Morgan fingerprint density at radius 3 is 2.13 bits per heavy atom. The third kappa shape index (κ3) is 4.69. The first-order valence-corrected chi connectivity index (χ1v) is 10.3. The van der Waals surface area contributed by atoms with Crippen LogP contribution < -0.4 is 20.3 Å². The molecule has 0 aliphatic carbocycles. The van der Waals surface area contributed by atoms with Gasteiger partial charge in [-0.25, -0.2) is 0 Å². The van der Waals surface area contributed by atoms with Crippen LogP contribution in [0.1, 0.15) is 17.2 Å². The van der Waals surface area contributed by atoms with Gasteiger partial charge in [0.05, 0.1) is 24.8 Å². The summed E-state index contributed by atoms with van der Waals surface area (Å²) in [6.45, 7) is 0.412. The van der Waals surface area contributed by atoms with Crippen LogP contribution in [0, 0.1) is 0 Å². The van der Waals surface area contributed by atoms with Gasteiger partial charge in [0.1, 0.15) is 5.75 Å². The van der Waals surface area contributed by atoms with E-state index in [0.29, 0.717) is 12.3 Å². The monoisotopic (exact) mass is 415 g/mol. The zero-order chi connectivity index (χ0) is 21.6. The van der Waals surface area contributed by atoms with E-state index in [4.69, 9.17) is 4.74 Å². The minimum Gasteiger partial charge on any atom is -0.477 e. The number of hydrogen-bond donors (Lipinski definition) is 2. The Morgan fingerprint density at radius 1 is 0.935 bits per heavy atom. The number of benzene rings is 3. The lowest BCUT2D eigenvalue weighted by molar-refractivity contribution is -0.127. The van der Waals surface area contributed by atoms with Gasteiger partial charge >= 0.3 is 0 Å². The highest BCUT2D eigenvalue weighted by Crippen LogP contribution is 2.33. The van der Waals surface area contributed by atoms with Crippen molar-refractivity contribution in [2.75, 3.05) is 25.0 Å². The number of para-hydroxylation sites is 2. The average Bonchev–Trinajstić information content (AvgIpc) is 2.83. The van der Waals surface area contributed by atoms with Crippen LogP contribution in [0.3, 0.4) is 0 Å². The van der Waals surface area contributed by atoms with Crippen molar-refractivity contribution in [1.82, 2.24) is 10.6 Å². The second kappa shape index (κ2) is 9.34. The Balaban J connectivity index is 1.55. The highest BCUT2D eigenvalue weighted by atomic mass is 16.5. The summed E-state index contributed by atoms with van der Waals surface area (Å²) < 4.78 is 5.83. The molecule has 4 rings (SSSR count). The van der Waals surface area contributed by atoms with Crippen molar-refractivity contribution < 1.29 is 14.3 Å². The molecule has 1 heterocycles. The van der Waals surface area contributed by atoms with Gasteiger partial charge in [0.15, 0.2) is 6.10 Å². The number of nitrogens with one attached hydrogen (secondary N) is 2. The molecule has 1 aliphatic heterocycles. The Kier molecular flexibility index (Phi) is 6.17. The molecule has 3 aromatic carbocycles. The first-order valence-electron chi connectivity index (χ1n) is 10.3. The van der Waals surface area contributed by atoms with Gasteiger partial charge in [0.25, 0.3) is 5.91 Å². The molecule has 2 amide bonds. The fourth-order valence-electron chi connectivity index (χ4n) is 3.78. The Labute approximate surface area is 181 Å². The van der Waals surface area contributed by atoms with Crippen LogP contribution in [-0.2, 0) is 9.59 Å². The standard InChI is InChI=1S/C25H25N3O3/c1-26-25(30)22-16-28(20-14-8-9-15-21(20)31-22)17-23(29)27-24(18-10-4-2-5-11-18)19-12-6-3-7-13-19/h2-15,22,24H,16-17H2,1H3,(H,26,30)(H,27,29)/t22-/m0/s1. The fraction of sp³-hybridized carbons (Fsp3) is 0.200. The van der Waals surface area contributed by atoms with Gasteiger partial charge in [0.2, 0.25) is 5.91 Å². The molecule has 2 N–H and O–H groups in total. The molecule has 158 valence electrons. The number of anilines is 1. The topological polar surface area (TPSA) is 70.7 Å². The van der Waals surface area contributed by atoms with Crippen LogP contribution in [0.2, 0.25) is 0 Å². The fourth-order valence-corrected chi connectivity index (χ4v) is 3.78. The van der Waals surface area contributed by atoms with E-state index >= 15 is 0 Å². The van der Waals surface area contributed by atoms with Crippen molar-refractivity contribution >= 4 is 17.5 Å². The zero-order valence-corrected chi connectivity index (χ0v) is 17.3. The lowest BCUT2D eigenvalue weighted by Crippen LogP contribution is -2.50. The van der Waals surface area contributed by atoms with Gasteiger partial charge in [-0.2, -0.15) is 0 Å². The van der Waals surface area contributed by atoms with Gasteiger partial charge in [-0.15, -0.1) is 0 Å². The quantitative estimate of drug-likeness (QED) is 0.650. The summed E-state index contributed by atoms with van der Waals surface area (Å²) in [6, 6.07) is 27.0. The molecule has 1 atom stereocenters. The number of carbonyl (C=O) groups excluding carboxylic acids is 2. The van der Waals surface area contributed by atoms with Crippen molar-refractivity contribution in [1.29, 1.82) is 0 Å². The van der Waals surface area contributed by atoms with E-state index in [9.17, 15) is 9.59 Å². The lowest BCUT2D eigenvalue weighted by Gasteiger charge is -2.35. The molecule has 6 nitrogen and oxygen atoms in total. The van der Waals surface area contributed by atoms with E-state index in [1.54, 1.807) is 7.05 Å². The van der Waals surface area contributed by atoms with Crippen LogP contribution >= 0.6 is 0 Å². The first-order chi connectivity index (χ1) is 15.2. The molecule has 0 radical (unpaired) electrons. The summed E-state index contributed by atoms with van der Waals surface area (Å²) >= 11 is 0. The predicted octanol–water partition coefficient (Wildman–Crippen LogP) is 2.91.